The fourth-order valence-electron chi connectivity index (χ4n) is 3.44. The maximum Gasteiger partial charge on any atom is 0.328 e. The molecular weight excluding hydrogens is 450 g/mol. The molecule has 2 aromatic rings. The second kappa shape index (κ2) is 9.36. The Hall–Kier alpha value is -3.17. The molecule has 2 heterocycles. The van der Waals surface area contributed by atoms with Crippen LogP contribution in [0, 0.1) is 11.8 Å². The number of hydrogen-bond donors (Lipinski definition) is 4. The third-order valence-electron chi connectivity index (χ3n) is 5.81. The van der Waals surface area contributed by atoms with Gasteiger partial charge in [0.1, 0.15) is 6.10 Å². The molecule has 1 aliphatic heterocycles. The van der Waals surface area contributed by atoms with Crippen LogP contribution in [0.3, 0.4) is 0 Å². The average molecular weight is 476 g/mol. The van der Waals surface area contributed by atoms with E-state index in [1.54, 1.807) is 36.5 Å². The summed E-state index contributed by atoms with van der Waals surface area (Å²) in [4.78, 5) is 26.1. The zero-order chi connectivity index (χ0) is 24.4. The third-order valence-corrected chi connectivity index (χ3v) is 7.83. The summed E-state index contributed by atoms with van der Waals surface area (Å²) in [5.41, 5.74) is 3.98. The first kappa shape index (κ1) is 24.5. The van der Waals surface area contributed by atoms with Gasteiger partial charge in [0.2, 0.25) is 0 Å². The van der Waals surface area contributed by atoms with E-state index in [-0.39, 0.29) is 32.1 Å². The number of carbonyl (C=O) groups excluding carboxylic acids is 2. The van der Waals surface area contributed by atoms with E-state index in [1.807, 2.05) is 0 Å². The van der Waals surface area contributed by atoms with Crippen LogP contribution in [0.5, 0.6) is 0 Å². The predicted octanol–water partition coefficient (Wildman–Crippen LogP) is 0.396. The minimum atomic E-state index is -3.85. The summed E-state index contributed by atoms with van der Waals surface area (Å²) in [5, 5.41) is 27.5. The molecule has 0 bridgehead atoms. The zero-order valence-corrected chi connectivity index (χ0v) is 19.0. The molecule has 176 valence electrons. The number of rotatable bonds is 7. The molecule has 0 radical (unpaired) electrons. The van der Waals surface area contributed by atoms with Crippen LogP contribution in [0.4, 0.5) is 4.79 Å². The van der Waals surface area contributed by atoms with Crippen molar-refractivity contribution >= 4 is 21.8 Å². The summed E-state index contributed by atoms with van der Waals surface area (Å²) in [5.74, 6) is 4.90. The van der Waals surface area contributed by atoms with E-state index in [4.69, 9.17) is 10.3 Å². The van der Waals surface area contributed by atoms with Crippen molar-refractivity contribution in [1.82, 2.24) is 14.9 Å². The van der Waals surface area contributed by atoms with Gasteiger partial charge < -0.3 is 15.1 Å². The Morgan fingerprint density at radius 3 is 2.42 bits per heavy atom. The van der Waals surface area contributed by atoms with Gasteiger partial charge in [0, 0.05) is 35.8 Å². The number of amides is 2. The topological polar surface area (TPSA) is 149 Å². The fourth-order valence-corrected chi connectivity index (χ4v) is 4.28. The second-order valence-electron chi connectivity index (χ2n) is 8.06. The van der Waals surface area contributed by atoms with E-state index < -0.39 is 26.6 Å². The molecule has 2 atom stereocenters. The fraction of sp³-hybridized carbons (Fsp3) is 0.364. The number of hydrogen-bond acceptors (Lipinski definition) is 7. The highest BCUT2D eigenvalue weighted by Gasteiger charge is 2.44. The lowest BCUT2D eigenvalue weighted by Gasteiger charge is -2.27. The maximum absolute atomic E-state index is 12.7. The maximum atomic E-state index is 12.7. The predicted molar refractivity (Wildman–Crippen MR) is 118 cm³/mol. The second-order valence-corrected chi connectivity index (χ2v) is 10.5. The Bertz CT molecular complexity index is 1220. The minimum Gasteiger partial charge on any atom is -0.393 e. The summed E-state index contributed by atoms with van der Waals surface area (Å²) < 4.78 is 23.7. The van der Waals surface area contributed by atoms with Crippen LogP contribution >= 0.6 is 0 Å². The third kappa shape index (κ3) is 4.94. The Labute approximate surface area is 191 Å². The van der Waals surface area contributed by atoms with Gasteiger partial charge in [-0.3, -0.25) is 14.6 Å². The van der Waals surface area contributed by atoms with Crippen molar-refractivity contribution in [3.8, 4) is 11.8 Å². The number of sulfone groups is 1. The summed E-state index contributed by atoms with van der Waals surface area (Å²) in [7, 11) is -3.85. The van der Waals surface area contributed by atoms with Gasteiger partial charge in [0.15, 0.2) is 14.6 Å². The first-order valence-electron chi connectivity index (χ1n) is 10.1. The van der Waals surface area contributed by atoms with Gasteiger partial charge in [-0.05, 0) is 37.1 Å². The number of hydroxylamine groups is 1. The molecule has 3 rings (SSSR count). The van der Waals surface area contributed by atoms with Crippen LogP contribution in [-0.4, -0.2) is 69.4 Å². The van der Waals surface area contributed by atoms with Crippen molar-refractivity contribution in [2.75, 3.05) is 19.4 Å². The number of benzene rings is 1. The summed E-state index contributed by atoms with van der Waals surface area (Å²) >= 11 is 0. The monoisotopic (exact) mass is 475 g/mol. The molecule has 4 N–H and O–H groups in total. The van der Waals surface area contributed by atoms with Gasteiger partial charge in [-0.1, -0.05) is 24.0 Å². The first-order chi connectivity index (χ1) is 15.5. The van der Waals surface area contributed by atoms with Crippen molar-refractivity contribution in [3.63, 3.8) is 0 Å². The molecule has 10 nitrogen and oxygen atoms in total. The van der Waals surface area contributed by atoms with E-state index in [0.29, 0.717) is 22.4 Å². The number of fused-ring (bicyclic) bond motifs is 1. The average Bonchev–Trinajstić information content (AvgIpc) is 3.32. The molecule has 33 heavy (non-hydrogen) atoms. The van der Waals surface area contributed by atoms with E-state index in [9.17, 15) is 23.1 Å². The lowest BCUT2D eigenvalue weighted by molar-refractivity contribution is -0.131. The number of aliphatic hydroxyl groups is 2. The number of aliphatic hydroxyl groups excluding tert-OH is 2. The molecular formula is C22H25N3O7S. The highest BCUT2D eigenvalue weighted by Crippen LogP contribution is 2.25. The summed E-state index contributed by atoms with van der Waals surface area (Å²) in [6.07, 6.45) is 1.38. The minimum absolute atomic E-state index is 0.00452. The SMILES string of the molecule is CC(CCN1Cc2cc(C#Cc3ccc([C@H](O)CO)cc3)cn2C1=O)(C(=O)NO)S(C)(=O)=O. The molecule has 1 aromatic heterocycles. The van der Waals surface area contributed by atoms with Crippen molar-refractivity contribution < 1.29 is 33.4 Å². The molecule has 0 aliphatic carbocycles. The Balaban J connectivity index is 1.69. The van der Waals surface area contributed by atoms with Crippen molar-refractivity contribution in [3.05, 3.63) is 58.9 Å². The standard InChI is InChI=1S/C22H25N3O7S/c1-22(20(28)23-30,33(2,31)32)9-10-24-13-18-11-16(12-25(18)21(24)29)4-3-15-5-7-17(8-6-15)19(27)14-26/h5-8,11-12,19,26-27,30H,9-10,13-14H2,1-2H3,(H,23,28)/t19-,22?/m1/s1. The molecule has 1 aromatic carbocycles. The van der Waals surface area contributed by atoms with E-state index in [2.05, 4.69) is 11.8 Å². The number of nitrogens with zero attached hydrogens (tertiary/aromatic N) is 2. The Kier molecular flexibility index (Phi) is 6.94. The number of nitrogens with one attached hydrogen (secondary N) is 1. The largest absolute Gasteiger partial charge is 0.393 e. The molecule has 1 unspecified atom stereocenters. The van der Waals surface area contributed by atoms with Crippen molar-refractivity contribution in [2.45, 2.75) is 30.7 Å². The van der Waals surface area contributed by atoms with Crippen LogP contribution in [0.15, 0.2) is 36.5 Å². The number of carbonyl (C=O) groups is 2. The smallest absolute Gasteiger partial charge is 0.328 e. The first-order valence-corrected chi connectivity index (χ1v) is 11.9. The normalized spacial score (nSPS) is 15.9. The lowest BCUT2D eigenvalue weighted by atomic mass is 10.1. The number of aromatic nitrogens is 1. The summed E-state index contributed by atoms with van der Waals surface area (Å²) in [6, 6.07) is 8.19. The van der Waals surface area contributed by atoms with Crippen molar-refractivity contribution in [1.29, 1.82) is 0 Å². The van der Waals surface area contributed by atoms with Crippen LogP contribution in [0.2, 0.25) is 0 Å². The van der Waals surface area contributed by atoms with Gasteiger partial charge in [-0.15, -0.1) is 0 Å². The molecule has 1 aliphatic rings. The van der Waals surface area contributed by atoms with Gasteiger partial charge in [0.25, 0.3) is 5.91 Å². The van der Waals surface area contributed by atoms with Crippen LogP contribution in [-0.2, 0) is 21.2 Å². The Morgan fingerprint density at radius 1 is 1.24 bits per heavy atom. The van der Waals surface area contributed by atoms with E-state index in [0.717, 1.165) is 6.26 Å². The van der Waals surface area contributed by atoms with E-state index in [1.165, 1.54) is 21.9 Å². The highest BCUT2D eigenvalue weighted by atomic mass is 32.2. The zero-order valence-electron chi connectivity index (χ0n) is 18.1. The molecule has 11 heteroatoms. The molecule has 2 amide bonds. The van der Waals surface area contributed by atoms with Gasteiger partial charge >= 0.3 is 6.03 Å². The summed E-state index contributed by atoms with van der Waals surface area (Å²) in [6.45, 7) is 1.08. The highest BCUT2D eigenvalue weighted by molar-refractivity contribution is 7.92. The van der Waals surface area contributed by atoms with Crippen LogP contribution in [0.25, 0.3) is 0 Å². The Morgan fingerprint density at radius 2 is 1.88 bits per heavy atom. The van der Waals surface area contributed by atoms with Gasteiger partial charge in [0.05, 0.1) is 13.2 Å². The van der Waals surface area contributed by atoms with Gasteiger partial charge in [-0.2, -0.15) is 0 Å². The lowest BCUT2D eigenvalue weighted by Crippen LogP contribution is -2.50. The molecule has 0 saturated heterocycles. The van der Waals surface area contributed by atoms with Crippen molar-refractivity contribution in [2.24, 2.45) is 0 Å². The molecule has 0 spiro atoms. The van der Waals surface area contributed by atoms with E-state index >= 15 is 0 Å². The van der Waals surface area contributed by atoms with Gasteiger partial charge in [-0.25, -0.2) is 18.7 Å². The van der Waals surface area contributed by atoms with Crippen LogP contribution in [0.1, 0.15) is 41.8 Å². The molecule has 0 fully saturated rings. The van der Waals surface area contributed by atoms with Crippen LogP contribution < -0.4 is 5.48 Å². The molecule has 0 saturated carbocycles. The quantitative estimate of drug-likeness (QED) is 0.257.